The predicted octanol–water partition coefficient (Wildman–Crippen LogP) is 2.96. The van der Waals surface area contributed by atoms with E-state index in [9.17, 15) is 4.39 Å². The van der Waals surface area contributed by atoms with Crippen molar-refractivity contribution in [3.8, 4) is 0 Å². The molecule has 0 saturated carbocycles. The zero-order valence-corrected chi connectivity index (χ0v) is 13.0. The number of benzene rings is 1. The molecule has 0 fully saturated rings. The summed E-state index contributed by atoms with van der Waals surface area (Å²) in [5.74, 6) is -0.217. The molecule has 3 atom stereocenters. The number of nitrogens with zero attached hydrogens (tertiary/aromatic N) is 1. The third-order valence-corrected chi connectivity index (χ3v) is 3.78. The lowest BCUT2D eigenvalue weighted by molar-refractivity contribution is 0.0628. The highest BCUT2D eigenvalue weighted by atomic mass is 19.1. The summed E-state index contributed by atoms with van der Waals surface area (Å²) in [6.45, 7) is 7.86. The van der Waals surface area contributed by atoms with E-state index in [-0.39, 0.29) is 23.9 Å². The summed E-state index contributed by atoms with van der Waals surface area (Å²) in [6.07, 6.45) is 0.873. The summed E-state index contributed by atoms with van der Waals surface area (Å²) in [5, 5.41) is 0. The number of nitrogens with two attached hydrogens (primary N) is 1. The van der Waals surface area contributed by atoms with Crippen molar-refractivity contribution in [1.29, 1.82) is 0 Å². The molecule has 0 aliphatic heterocycles. The third-order valence-electron chi connectivity index (χ3n) is 3.78. The Hall–Kier alpha value is -0.970. The van der Waals surface area contributed by atoms with E-state index < -0.39 is 0 Å². The second kappa shape index (κ2) is 8.35. The summed E-state index contributed by atoms with van der Waals surface area (Å²) >= 11 is 0. The predicted molar refractivity (Wildman–Crippen MR) is 81.1 cm³/mol. The van der Waals surface area contributed by atoms with Crippen molar-refractivity contribution in [2.24, 2.45) is 5.73 Å². The Balaban J connectivity index is 3.06. The first-order valence-corrected chi connectivity index (χ1v) is 7.30. The zero-order valence-electron chi connectivity index (χ0n) is 13.0. The van der Waals surface area contributed by atoms with Gasteiger partial charge in [0.25, 0.3) is 0 Å². The van der Waals surface area contributed by atoms with Gasteiger partial charge in [0.1, 0.15) is 5.82 Å². The van der Waals surface area contributed by atoms with E-state index in [2.05, 4.69) is 25.7 Å². The van der Waals surface area contributed by atoms with Gasteiger partial charge in [0.15, 0.2) is 0 Å². The van der Waals surface area contributed by atoms with Crippen molar-refractivity contribution in [1.82, 2.24) is 4.90 Å². The fourth-order valence-corrected chi connectivity index (χ4v) is 2.69. The number of hydrogen-bond acceptors (Lipinski definition) is 3. The summed E-state index contributed by atoms with van der Waals surface area (Å²) in [4.78, 5) is 2.32. The van der Waals surface area contributed by atoms with Crippen LogP contribution in [0.4, 0.5) is 4.39 Å². The van der Waals surface area contributed by atoms with Gasteiger partial charge in [-0.1, -0.05) is 26.0 Å². The number of rotatable bonds is 8. The Bertz CT molecular complexity index is 383. The van der Waals surface area contributed by atoms with Crippen LogP contribution in [0.25, 0.3) is 0 Å². The molecule has 2 N–H and O–H groups in total. The molecular weight excluding hydrogens is 255 g/mol. The molecule has 0 saturated heterocycles. The Kier molecular flexibility index (Phi) is 7.13. The Morgan fingerprint density at radius 3 is 2.30 bits per heavy atom. The minimum atomic E-state index is -0.217. The molecule has 0 bridgehead atoms. The molecule has 0 spiro atoms. The molecule has 0 aliphatic rings. The van der Waals surface area contributed by atoms with Crippen molar-refractivity contribution < 1.29 is 9.13 Å². The molecule has 4 heteroatoms. The van der Waals surface area contributed by atoms with Crippen LogP contribution in [0.1, 0.15) is 38.8 Å². The van der Waals surface area contributed by atoms with E-state index in [0.29, 0.717) is 6.61 Å². The van der Waals surface area contributed by atoms with E-state index in [1.54, 1.807) is 7.11 Å². The largest absolute Gasteiger partial charge is 0.383 e. The van der Waals surface area contributed by atoms with Gasteiger partial charge in [-0.3, -0.25) is 4.90 Å². The lowest BCUT2D eigenvalue weighted by atomic mass is 9.95. The van der Waals surface area contributed by atoms with Crippen molar-refractivity contribution in [2.75, 3.05) is 20.3 Å². The lowest BCUT2D eigenvalue weighted by Crippen LogP contribution is -2.46. The van der Waals surface area contributed by atoms with Gasteiger partial charge in [-0.15, -0.1) is 0 Å². The Morgan fingerprint density at radius 2 is 1.85 bits per heavy atom. The van der Waals surface area contributed by atoms with Gasteiger partial charge in [0.05, 0.1) is 12.6 Å². The fraction of sp³-hybridized carbons (Fsp3) is 0.625. The highest BCUT2D eigenvalue weighted by molar-refractivity contribution is 5.22. The first kappa shape index (κ1) is 17.1. The SMILES string of the molecule is CCC(N)C(c1ccc(F)cc1)N(CC)C(C)COC. The standard InChI is InChI=1S/C16H27FN2O/c1-5-15(18)16(13-7-9-14(17)10-8-13)19(6-2)12(3)11-20-4/h7-10,12,15-16H,5-6,11,18H2,1-4H3. The van der Waals surface area contributed by atoms with Gasteiger partial charge in [-0.25, -0.2) is 4.39 Å². The molecule has 114 valence electrons. The minimum Gasteiger partial charge on any atom is -0.383 e. The van der Waals surface area contributed by atoms with Gasteiger partial charge in [-0.2, -0.15) is 0 Å². The average molecular weight is 282 g/mol. The summed E-state index contributed by atoms with van der Waals surface area (Å²) in [5.41, 5.74) is 7.38. The second-order valence-electron chi connectivity index (χ2n) is 5.20. The summed E-state index contributed by atoms with van der Waals surface area (Å²) in [7, 11) is 1.71. The summed E-state index contributed by atoms with van der Waals surface area (Å²) in [6, 6.07) is 7.02. The normalized spacial score (nSPS) is 16.1. The third kappa shape index (κ3) is 4.27. The number of likely N-dealkylation sites (N-methyl/N-ethyl adjacent to an activating group) is 1. The molecule has 0 heterocycles. The maximum absolute atomic E-state index is 13.1. The maximum Gasteiger partial charge on any atom is 0.123 e. The Morgan fingerprint density at radius 1 is 1.25 bits per heavy atom. The first-order valence-electron chi connectivity index (χ1n) is 7.30. The quantitative estimate of drug-likeness (QED) is 0.796. The lowest BCUT2D eigenvalue weighted by Gasteiger charge is -2.38. The molecule has 1 rings (SSSR count). The number of hydrogen-bond donors (Lipinski definition) is 1. The molecule has 3 unspecified atom stereocenters. The van der Waals surface area contributed by atoms with Crippen LogP contribution in [0.15, 0.2) is 24.3 Å². The zero-order chi connectivity index (χ0) is 15.1. The van der Waals surface area contributed by atoms with Crippen molar-refractivity contribution in [3.05, 3.63) is 35.6 Å². The van der Waals surface area contributed by atoms with Gasteiger partial charge < -0.3 is 10.5 Å². The number of methoxy groups -OCH3 is 1. The van der Waals surface area contributed by atoms with E-state index in [4.69, 9.17) is 10.5 Å². The van der Waals surface area contributed by atoms with Crippen molar-refractivity contribution >= 4 is 0 Å². The van der Waals surface area contributed by atoms with Gasteiger partial charge in [0, 0.05) is 19.2 Å². The molecule has 1 aromatic carbocycles. The fourth-order valence-electron chi connectivity index (χ4n) is 2.69. The molecule has 0 amide bonds. The van der Waals surface area contributed by atoms with Crippen LogP contribution < -0.4 is 5.73 Å². The molecule has 0 aliphatic carbocycles. The van der Waals surface area contributed by atoms with Crippen LogP contribution in [0.3, 0.4) is 0 Å². The van der Waals surface area contributed by atoms with Gasteiger partial charge >= 0.3 is 0 Å². The van der Waals surface area contributed by atoms with Gasteiger partial charge in [-0.05, 0) is 37.6 Å². The van der Waals surface area contributed by atoms with Crippen molar-refractivity contribution in [3.63, 3.8) is 0 Å². The molecular formula is C16H27FN2O. The smallest absolute Gasteiger partial charge is 0.123 e. The van der Waals surface area contributed by atoms with Crippen LogP contribution in [-0.2, 0) is 4.74 Å². The van der Waals surface area contributed by atoms with Crippen LogP contribution in [-0.4, -0.2) is 37.2 Å². The van der Waals surface area contributed by atoms with Crippen LogP contribution in [0, 0.1) is 5.82 Å². The second-order valence-corrected chi connectivity index (χ2v) is 5.20. The Labute approximate surface area is 121 Å². The molecule has 0 radical (unpaired) electrons. The molecule has 1 aromatic rings. The van der Waals surface area contributed by atoms with E-state index in [0.717, 1.165) is 18.5 Å². The van der Waals surface area contributed by atoms with E-state index in [1.807, 2.05) is 12.1 Å². The average Bonchev–Trinajstić information content (AvgIpc) is 2.45. The molecule has 3 nitrogen and oxygen atoms in total. The summed E-state index contributed by atoms with van der Waals surface area (Å²) < 4.78 is 18.4. The topological polar surface area (TPSA) is 38.5 Å². The van der Waals surface area contributed by atoms with Crippen molar-refractivity contribution in [2.45, 2.75) is 45.3 Å². The monoisotopic (exact) mass is 282 g/mol. The molecule has 0 aromatic heterocycles. The van der Waals surface area contributed by atoms with Gasteiger partial charge in [0.2, 0.25) is 0 Å². The minimum absolute atomic E-state index is 0.0136. The van der Waals surface area contributed by atoms with Crippen LogP contribution in [0.5, 0.6) is 0 Å². The van der Waals surface area contributed by atoms with E-state index >= 15 is 0 Å². The first-order chi connectivity index (χ1) is 9.54. The van der Waals surface area contributed by atoms with E-state index in [1.165, 1.54) is 12.1 Å². The molecule has 20 heavy (non-hydrogen) atoms. The highest BCUT2D eigenvalue weighted by Crippen LogP contribution is 2.27. The maximum atomic E-state index is 13.1. The number of halogens is 1. The highest BCUT2D eigenvalue weighted by Gasteiger charge is 2.28. The van der Waals surface area contributed by atoms with Crippen LogP contribution in [0.2, 0.25) is 0 Å². The van der Waals surface area contributed by atoms with Crippen LogP contribution >= 0.6 is 0 Å². The number of ether oxygens (including phenoxy) is 1.